The van der Waals surface area contributed by atoms with Gasteiger partial charge in [-0.25, -0.2) is 0 Å². The van der Waals surface area contributed by atoms with Crippen LogP contribution in [0.15, 0.2) is 22.7 Å². The minimum Gasteiger partial charge on any atom is -0.496 e. The van der Waals surface area contributed by atoms with Crippen molar-refractivity contribution in [3.63, 3.8) is 0 Å². The summed E-state index contributed by atoms with van der Waals surface area (Å²) >= 11 is 6.01. The number of aryl methyl sites for hydroxylation is 1. The molecular weight excluding hydrogens is 318 g/mol. The summed E-state index contributed by atoms with van der Waals surface area (Å²) in [5, 5.41) is 4.35. The molecule has 0 radical (unpaired) electrons. The van der Waals surface area contributed by atoms with Crippen molar-refractivity contribution >= 4 is 17.5 Å². The maximum absolute atomic E-state index is 12.7. The highest BCUT2D eigenvalue weighted by atomic mass is 35.5. The first-order valence-corrected chi connectivity index (χ1v) is 7.89. The first-order valence-electron chi connectivity index (χ1n) is 7.51. The van der Waals surface area contributed by atoms with Gasteiger partial charge in [0.25, 0.3) is 5.91 Å². The molecule has 0 atom stereocenters. The van der Waals surface area contributed by atoms with E-state index in [1.807, 2.05) is 4.90 Å². The van der Waals surface area contributed by atoms with E-state index >= 15 is 0 Å². The summed E-state index contributed by atoms with van der Waals surface area (Å²) in [6.45, 7) is 3.08. The Morgan fingerprint density at radius 1 is 1.39 bits per heavy atom. The summed E-state index contributed by atoms with van der Waals surface area (Å²) in [6, 6.07) is 5.07. The summed E-state index contributed by atoms with van der Waals surface area (Å²) in [7, 11) is 1.55. The van der Waals surface area contributed by atoms with Crippen LogP contribution in [0.5, 0.6) is 5.75 Å². The van der Waals surface area contributed by atoms with E-state index in [9.17, 15) is 4.79 Å². The molecule has 1 amide bonds. The predicted octanol–water partition coefficient (Wildman–Crippen LogP) is 3.06. The second kappa shape index (κ2) is 6.58. The van der Waals surface area contributed by atoms with E-state index in [4.69, 9.17) is 20.9 Å². The van der Waals surface area contributed by atoms with Crippen LogP contribution >= 0.6 is 11.6 Å². The summed E-state index contributed by atoms with van der Waals surface area (Å²) in [6.07, 6.45) is 1.60. The summed E-state index contributed by atoms with van der Waals surface area (Å²) in [5.41, 5.74) is 0.493. The molecule has 0 bridgehead atoms. The number of ether oxygens (including phenoxy) is 1. The summed E-state index contributed by atoms with van der Waals surface area (Å²) < 4.78 is 10.5. The maximum Gasteiger partial charge on any atom is 0.257 e. The van der Waals surface area contributed by atoms with Crippen LogP contribution in [0.2, 0.25) is 5.02 Å². The zero-order valence-electron chi connectivity index (χ0n) is 13.1. The molecule has 0 aliphatic carbocycles. The van der Waals surface area contributed by atoms with Crippen LogP contribution in [0.25, 0.3) is 0 Å². The van der Waals surface area contributed by atoms with Crippen LogP contribution in [0.3, 0.4) is 0 Å². The molecule has 0 N–H and O–H groups in total. The van der Waals surface area contributed by atoms with Crippen molar-refractivity contribution in [3.05, 3.63) is 40.5 Å². The Balaban J connectivity index is 1.70. The molecule has 3 rings (SSSR count). The van der Waals surface area contributed by atoms with Gasteiger partial charge in [0, 0.05) is 24.0 Å². The van der Waals surface area contributed by atoms with Crippen LogP contribution in [0.4, 0.5) is 0 Å². The van der Waals surface area contributed by atoms with E-state index in [2.05, 4.69) is 10.1 Å². The number of carbonyl (C=O) groups excluding carboxylic acids is 1. The number of piperidine rings is 1. The van der Waals surface area contributed by atoms with Crippen LogP contribution in [0, 0.1) is 6.92 Å². The van der Waals surface area contributed by atoms with Crippen molar-refractivity contribution in [3.8, 4) is 5.75 Å². The molecule has 122 valence electrons. The molecule has 0 unspecified atom stereocenters. The number of amides is 1. The average Bonchev–Trinajstić information content (AvgIpc) is 3.01. The van der Waals surface area contributed by atoms with Crippen molar-refractivity contribution in [1.82, 2.24) is 15.0 Å². The standard InChI is InChI=1S/C16H18ClN3O3/c1-10-18-15(23-19-10)11-5-7-20(8-6-11)16(21)13-9-12(17)3-4-14(13)22-2/h3-4,9,11H,5-8H2,1-2H3. The Kier molecular flexibility index (Phi) is 4.52. The molecule has 7 heteroatoms. The van der Waals surface area contributed by atoms with Gasteiger partial charge in [-0.2, -0.15) is 4.98 Å². The third-order valence-corrected chi connectivity index (χ3v) is 4.30. The zero-order valence-corrected chi connectivity index (χ0v) is 13.8. The van der Waals surface area contributed by atoms with Crippen LogP contribution < -0.4 is 4.74 Å². The van der Waals surface area contributed by atoms with Crippen LogP contribution in [0.1, 0.15) is 40.8 Å². The van der Waals surface area contributed by atoms with Crippen LogP contribution in [-0.2, 0) is 0 Å². The van der Waals surface area contributed by atoms with Gasteiger partial charge in [-0.15, -0.1) is 0 Å². The van der Waals surface area contributed by atoms with Gasteiger partial charge in [-0.05, 0) is 38.0 Å². The number of methoxy groups -OCH3 is 1. The number of carbonyl (C=O) groups is 1. The second-order valence-corrected chi connectivity index (χ2v) is 6.03. The fraction of sp³-hybridized carbons (Fsp3) is 0.438. The molecule has 1 saturated heterocycles. The molecule has 1 aromatic carbocycles. The zero-order chi connectivity index (χ0) is 16.4. The molecule has 1 aliphatic heterocycles. The molecule has 1 aromatic heterocycles. The van der Waals surface area contributed by atoms with E-state index < -0.39 is 0 Å². The van der Waals surface area contributed by atoms with Crippen molar-refractivity contribution in [2.45, 2.75) is 25.7 Å². The number of halogens is 1. The maximum atomic E-state index is 12.7. The first-order chi connectivity index (χ1) is 11.1. The Morgan fingerprint density at radius 2 is 2.13 bits per heavy atom. The number of nitrogens with zero attached hydrogens (tertiary/aromatic N) is 3. The van der Waals surface area contributed by atoms with Gasteiger partial charge in [0.2, 0.25) is 5.89 Å². The third-order valence-electron chi connectivity index (χ3n) is 4.07. The first kappa shape index (κ1) is 15.8. The van der Waals surface area contributed by atoms with Gasteiger partial charge in [0.1, 0.15) is 5.75 Å². The van der Waals surface area contributed by atoms with Gasteiger partial charge < -0.3 is 14.2 Å². The van der Waals surface area contributed by atoms with E-state index in [1.54, 1.807) is 32.2 Å². The van der Waals surface area contributed by atoms with E-state index in [0.29, 0.717) is 41.1 Å². The monoisotopic (exact) mass is 335 g/mol. The highest BCUT2D eigenvalue weighted by molar-refractivity contribution is 6.31. The second-order valence-electron chi connectivity index (χ2n) is 5.59. The van der Waals surface area contributed by atoms with Crippen molar-refractivity contribution in [2.24, 2.45) is 0 Å². The molecular formula is C16H18ClN3O3. The molecule has 1 fully saturated rings. The lowest BCUT2D eigenvalue weighted by Gasteiger charge is -2.30. The van der Waals surface area contributed by atoms with Gasteiger partial charge >= 0.3 is 0 Å². The molecule has 2 aromatic rings. The molecule has 0 saturated carbocycles. The van der Waals surface area contributed by atoms with E-state index in [-0.39, 0.29) is 11.8 Å². The third kappa shape index (κ3) is 3.32. The Hall–Kier alpha value is -2.08. The lowest BCUT2D eigenvalue weighted by Crippen LogP contribution is -2.38. The van der Waals surface area contributed by atoms with Gasteiger partial charge in [0.15, 0.2) is 5.82 Å². The Bertz CT molecular complexity index is 708. The normalized spacial score (nSPS) is 15.7. The molecule has 23 heavy (non-hydrogen) atoms. The number of rotatable bonds is 3. The van der Waals surface area contributed by atoms with E-state index in [1.165, 1.54) is 0 Å². The highest BCUT2D eigenvalue weighted by Gasteiger charge is 2.28. The fourth-order valence-electron chi connectivity index (χ4n) is 2.83. The molecule has 6 nitrogen and oxygen atoms in total. The van der Waals surface area contributed by atoms with Crippen molar-refractivity contribution in [2.75, 3.05) is 20.2 Å². The van der Waals surface area contributed by atoms with Gasteiger partial charge in [-0.3, -0.25) is 4.79 Å². The minimum atomic E-state index is -0.0653. The molecule has 0 spiro atoms. The SMILES string of the molecule is COc1ccc(Cl)cc1C(=O)N1CCC(c2nc(C)no2)CC1. The van der Waals surface area contributed by atoms with Crippen molar-refractivity contribution in [1.29, 1.82) is 0 Å². The van der Waals surface area contributed by atoms with Gasteiger partial charge in [-0.1, -0.05) is 16.8 Å². The average molecular weight is 336 g/mol. The number of hydrogen-bond donors (Lipinski definition) is 0. The lowest BCUT2D eigenvalue weighted by molar-refractivity contribution is 0.0701. The largest absolute Gasteiger partial charge is 0.496 e. The minimum absolute atomic E-state index is 0.0653. The highest BCUT2D eigenvalue weighted by Crippen LogP contribution is 2.29. The van der Waals surface area contributed by atoms with Gasteiger partial charge in [0.05, 0.1) is 12.7 Å². The topological polar surface area (TPSA) is 68.5 Å². The Labute approximate surface area is 139 Å². The molecule has 1 aliphatic rings. The number of aromatic nitrogens is 2. The summed E-state index contributed by atoms with van der Waals surface area (Å²) in [4.78, 5) is 18.8. The van der Waals surface area contributed by atoms with E-state index in [0.717, 1.165) is 12.8 Å². The summed E-state index contributed by atoms with van der Waals surface area (Å²) in [5.74, 6) is 1.98. The fourth-order valence-corrected chi connectivity index (χ4v) is 3.00. The predicted molar refractivity (Wildman–Crippen MR) is 84.9 cm³/mol. The smallest absolute Gasteiger partial charge is 0.257 e. The number of benzene rings is 1. The Morgan fingerprint density at radius 3 is 2.74 bits per heavy atom. The number of hydrogen-bond acceptors (Lipinski definition) is 5. The lowest BCUT2D eigenvalue weighted by atomic mass is 9.96. The number of likely N-dealkylation sites (tertiary alicyclic amines) is 1. The van der Waals surface area contributed by atoms with Crippen LogP contribution in [-0.4, -0.2) is 41.1 Å². The van der Waals surface area contributed by atoms with Crippen molar-refractivity contribution < 1.29 is 14.1 Å². The quantitative estimate of drug-likeness (QED) is 0.862. The molecule has 2 heterocycles.